The van der Waals surface area contributed by atoms with Crippen LogP contribution in [0.3, 0.4) is 0 Å². The summed E-state index contributed by atoms with van der Waals surface area (Å²) in [5.74, 6) is 0. The zero-order valence-electron chi connectivity index (χ0n) is 12.0. The summed E-state index contributed by atoms with van der Waals surface area (Å²) in [5, 5.41) is 3.65. The van der Waals surface area contributed by atoms with E-state index in [2.05, 4.69) is 31.0 Å². The van der Waals surface area contributed by atoms with E-state index in [1.165, 1.54) is 58.2 Å². The maximum Gasteiger partial charge on any atom is 0.0195 e. The van der Waals surface area contributed by atoms with E-state index in [-0.39, 0.29) is 0 Å². The lowest BCUT2D eigenvalue weighted by molar-refractivity contribution is 0.103. The Morgan fingerprint density at radius 2 is 2.06 bits per heavy atom. The first kappa shape index (κ1) is 13.4. The molecule has 0 amide bonds. The Balaban J connectivity index is 1.95. The molecule has 2 atom stereocenters. The zero-order valence-corrected chi connectivity index (χ0v) is 12.0. The van der Waals surface area contributed by atoms with Crippen LogP contribution < -0.4 is 5.32 Å². The van der Waals surface area contributed by atoms with Gasteiger partial charge in [-0.25, -0.2) is 0 Å². The molecule has 17 heavy (non-hydrogen) atoms. The highest BCUT2D eigenvalue weighted by molar-refractivity contribution is 4.93. The predicted octanol–water partition coefficient (Wildman–Crippen LogP) is 3.03. The van der Waals surface area contributed by atoms with Crippen molar-refractivity contribution >= 4 is 0 Å². The number of nitrogens with zero attached hydrogens (tertiary/aromatic N) is 1. The van der Waals surface area contributed by atoms with E-state index in [1.54, 1.807) is 0 Å². The molecule has 2 rings (SSSR count). The van der Waals surface area contributed by atoms with Crippen LogP contribution in [-0.2, 0) is 0 Å². The van der Waals surface area contributed by atoms with Gasteiger partial charge in [0.25, 0.3) is 0 Å². The molecule has 1 heterocycles. The first-order chi connectivity index (χ1) is 8.13. The SMILES string of the molecule is CCCN(CC1CCCN1)C1CCCC1(C)C. The minimum atomic E-state index is 0.535. The van der Waals surface area contributed by atoms with Crippen LogP contribution in [0.1, 0.15) is 59.3 Å². The van der Waals surface area contributed by atoms with Crippen molar-refractivity contribution in [2.45, 2.75) is 71.4 Å². The highest BCUT2D eigenvalue weighted by atomic mass is 15.2. The number of hydrogen-bond donors (Lipinski definition) is 1. The Hall–Kier alpha value is -0.0800. The van der Waals surface area contributed by atoms with Gasteiger partial charge in [0.15, 0.2) is 0 Å². The summed E-state index contributed by atoms with van der Waals surface area (Å²) in [7, 11) is 0. The molecule has 100 valence electrons. The lowest BCUT2D eigenvalue weighted by Gasteiger charge is -2.39. The largest absolute Gasteiger partial charge is 0.313 e. The van der Waals surface area contributed by atoms with Gasteiger partial charge in [-0.1, -0.05) is 27.2 Å². The van der Waals surface area contributed by atoms with E-state index in [0.717, 1.165) is 12.1 Å². The summed E-state index contributed by atoms with van der Waals surface area (Å²) in [6.07, 6.45) is 8.30. The van der Waals surface area contributed by atoms with E-state index < -0.39 is 0 Å². The standard InChI is InChI=1S/C15H30N2/c1-4-11-17(12-13-7-6-10-16-13)14-8-5-9-15(14,2)3/h13-14,16H,4-12H2,1-3H3. The first-order valence-corrected chi connectivity index (χ1v) is 7.61. The molecule has 1 aliphatic heterocycles. The topological polar surface area (TPSA) is 15.3 Å². The van der Waals surface area contributed by atoms with E-state index in [4.69, 9.17) is 0 Å². The smallest absolute Gasteiger partial charge is 0.0195 e. The van der Waals surface area contributed by atoms with Crippen LogP contribution in [0.4, 0.5) is 0 Å². The van der Waals surface area contributed by atoms with Gasteiger partial charge in [-0.3, -0.25) is 4.90 Å². The molecule has 2 unspecified atom stereocenters. The number of hydrogen-bond acceptors (Lipinski definition) is 2. The molecular weight excluding hydrogens is 208 g/mol. The Labute approximate surface area is 107 Å². The Kier molecular flexibility index (Phi) is 4.48. The second kappa shape index (κ2) is 5.71. The van der Waals surface area contributed by atoms with Gasteiger partial charge >= 0.3 is 0 Å². The number of nitrogens with one attached hydrogen (secondary N) is 1. The summed E-state index contributed by atoms with van der Waals surface area (Å²) in [4.78, 5) is 2.79. The van der Waals surface area contributed by atoms with Gasteiger partial charge in [0.1, 0.15) is 0 Å². The van der Waals surface area contributed by atoms with Gasteiger partial charge in [-0.2, -0.15) is 0 Å². The van der Waals surface area contributed by atoms with E-state index in [1.807, 2.05) is 0 Å². The molecule has 0 radical (unpaired) electrons. The summed E-state index contributed by atoms with van der Waals surface area (Å²) >= 11 is 0. The van der Waals surface area contributed by atoms with Gasteiger partial charge in [-0.05, 0) is 50.6 Å². The maximum absolute atomic E-state index is 3.65. The van der Waals surface area contributed by atoms with Gasteiger partial charge in [0.2, 0.25) is 0 Å². The molecular formula is C15H30N2. The quantitative estimate of drug-likeness (QED) is 0.792. The molecule has 1 N–H and O–H groups in total. The fourth-order valence-corrected chi connectivity index (χ4v) is 3.84. The van der Waals surface area contributed by atoms with Crippen molar-refractivity contribution in [3.8, 4) is 0 Å². The van der Waals surface area contributed by atoms with Crippen molar-refractivity contribution in [3.05, 3.63) is 0 Å². The summed E-state index contributed by atoms with van der Waals surface area (Å²) in [6.45, 7) is 11.1. The average molecular weight is 238 g/mol. The molecule has 2 heteroatoms. The number of rotatable bonds is 5. The van der Waals surface area contributed by atoms with Crippen molar-refractivity contribution in [1.29, 1.82) is 0 Å². The van der Waals surface area contributed by atoms with E-state index in [0.29, 0.717) is 5.41 Å². The van der Waals surface area contributed by atoms with Gasteiger partial charge < -0.3 is 5.32 Å². The van der Waals surface area contributed by atoms with Crippen LogP contribution in [0.2, 0.25) is 0 Å². The third-order valence-corrected chi connectivity index (χ3v) is 4.77. The first-order valence-electron chi connectivity index (χ1n) is 7.61. The molecule has 1 aliphatic carbocycles. The Morgan fingerprint density at radius 1 is 1.24 bits per heavy atom. The molecule has 1 saturated carbocycles. The molecule has 0 spiro atoms. The molecule has 0 aromatic rings. The third-order valence-electron chi connectivity index (χ3n) is 4.77. The average Bonchev–Trinajstić information content (AvgIpc) is 2.86. The van der Waals surface area contributed by atoms with Crippen LogP contribution >= 0.6 is 0 Å². The van der Waals surface area contributed by atoms with Crippen LogP contribution in [0.25, 0.3) is 0 Å². The van der Waals surface area contributed by atoms with Crippen LogP contribution in [0.5, 0.6) is 0 Å². The molecule has 0 aromatic heterocycles. The van der Waals surface area contributed by atoms with Crippen molar-refractivity contribution < 1.29 is 0 Å². The van der Waals surface area contributed by atoms with Crippen LogP contribution in [-0.4, -0.2) is 36.6 Å². The molecule has 2 fully saturated rings. The summed E-state index contributed by atoms with van der Waals surface area (Å²) in [6, 6.07) is 1.59. The van der Waals surface area contributed by atoms with Gasteiger partial charge in [0.05, 0.1) is 0 Å². The third kappa shape index (κ3) is 3.23. The fourth-order valence-electron chi connectivity index (χ4n) is 3.84. The summed E-state index contributed by atoms with van der Waals surface area (Å²) in [5.41, 5.74) is 0.535. The monoisotopic (exact) mass is 238 g/mol. The Morgan fingerprint density at radius 3 is 2.59 bits per heavy atom. The van der Waals surface area contributed by atoms with E-state index in [9.17, 15) is 0 Å². The maximum atomic E-state index is 3.65. The fraction of sp³-hybridized carbons (Fsp3) is 1.00. The van der Waals surface area contributed by atoms with Crippen molar-refractivity contribution in [1.82, 2.24) is 10.2 Å². The normalized spacial score (nSPS) is 32.5. The van der Waals surface area contributed by atoms with Gasteiger partial charge in [0, 0.05) is 18.6 Å². The highest BCUT2D eigenvalue weighted by Gasteiger charge is 2.38. The molecule has 0 bridgehead atoms. The van der Waals surface area contributed by atoms with Crippen LogP contribution in [0, 0.1) is 5.41 Å². The van der Waals surface area contributed by atoms with Crippen molar-refractivity contribution in [3.63, 3.8) is 0 Å². The molecule has 2 nitrogen and oxygen atoms in total. The second-order valence-electron chi connectivity index (χ2n) is 6.68. The lowest BCUT2D eigenvalue weighted by atomic mass is 9.86. The minimum absolute atomic E-state index is 0.535. The highest BCUT2D eigenvalue weighted by Crippen LogP contribution is 2.40. The predicted molar refractivity (Wildman–Crippen MR) is 74.3 cm³/mol. The van der Waals surface area contributed by atoms with Gasteiger partial charge in [-0.15, -0.1) is 0 Å². The van der Waals surface area contributed by atoms with Crippen LogP contribution in [0.15, 0.2) is 0 Å². The van der Waals surface area contributed by atoms with Crippen molar-refractivity contribution in [2.24, 2.45) is 5.41 Å². The zero-order chi connectivity index (χ0) is 12.3. The Bertz CT molecular complexity index is 231. The second-order valence-corrected chi connectivity index (χ2v) is 6.68. The molecule has 2 aliphatic rings. The van der Waals surface area contributed by atoms with E-state index >= 15 is 0 Å². The van der Waals surface area contributed by atoms with Crippen molar-refractivity contribution in [2.75, 3.05) is 19.6 Å². The lowest BCUT2D eigenvalue weighted by Crippen LogP contribution is -2.47. The summed E-state index contributed by atoms with van der Waals surface area (Å²) < 4.78 is 0. The minimum Gasteiger partial charge on any atom is -0.313 e. The molecule has 1 saturated heterocycles. The molecule has 0 aromatic carbocycles.